The Kier molecular flexibility index (Phi) is 5.48. The van der Waals surface area contributed by atoms with Crippen LogP contribution in [0.4, 0.5) is 8.78 Å². The number of benzene rings is 1. The number of rotatable bonds is 6. The largest absolute Gasteiger partial charge is 0.356 e. The normalized spacial score (nSPS) is 11.1. The third-order valence-electron chi connectivity index (χ3n) is 4.55. The quantitative estimate of drug-likeness (QED) is 0.723. The molecule has 5 nitrogen and oxygen atoms in total. The molecule has 2 heterocycles. The topological polar surface area (TPSA) is 59.3 Å². The number of hydrogen-bond acceptors (Lipinski definition) is 3. The van der Waals surface area contributed by atoms with E-state index in [2.05, 4.69) is 15.4 Å². The van der Waals surface area contributed by atoms with Crippen LogP contribution in [0.2, 0.25) is 0 Å². The Morgan fingerprint density at radius 1 is 1.07 bits per heavy atom. The first-order valence-electron chi connectivity index (χ1n) is 8.87. The summed E-state index contributed by atoms with van der Waals surface area (Å²) in [6.45, 7) is 6.15. The lowest BCUT2D eigenvalue weighted by molar-refractivity contribution is -0.121. The molecule has 1 aromatic carbocycles. The molecule has 2 aromatic heterocycles. The van der Waals surface area contributed by atoms with Crippen molar-refractivity contribution < 1.29 is 13.6 Å². The molecule has 0 aliphatic rings. The zero-order valence-electron chi connectivity index (χ0n) is 15.6. The van der Waals surface area contributed by atoms with Gasteiger partial charge in [0.25, 0.3) is 0 Å². The third-order valence-corrected chi connectivity index (χ3v) is 4.55. The van der Waals surface area contributed by atoms with Gasteiger partial charge in [0.2, 0.25) is 5.91 Å². The average molecular weight is 372 g/mol. The molecule has 0 saturated carbocycles. The zero-order chi connectivity index (χ0) is 19.6. The van der Waals surface area contributed by atoms with Gasteiger partial charge in [-0.15, -0.1) is 0 Å². The summed E-state index contributed by atoms with van der Waals surface area (Å²) in [7, 11) is 0. The van der Waals surface area contributed by atoms with Crippen LogP contribution in [-0.4, -0.2) is 27.0 Å². The van der Waals surface area contributed by atoms with Crippen molar-refractivity contribution in [3.05, 3.63) is 64.1 Å². The van der Waals surface area contributed by atoms with Gasteiger partial charge in [-0.3, -0.25) is 4.79 Å². The smallest absolute Gasteiger partial charge is 0.220 e. The van der Waals surface area contributed by atoms with Crippen LogP contribution in [-0.2, 0) is 17.6 Å². The van der Waals surface area contributed by atoms with E-state index in [0.717, 1.165) is 34.4 Å². The van der Waals surface area contributed by atoms with Gasteiger partial charge in [0, 0.05) is 36.5 Å². The molecule has 3 aromatic rings. The second-order valence-corrected chi connectivity index (χ2v) is 6.69. The highest BCUT2D eigenvalue weighted by Gasteiger charge is 2.12. The molecule has 0 spiro atoms. The molecule has 3 rings (SSSR count). The first-order valence-corrected chi connectivity index (χ1v) is 8.87. The lowest BCUT2D eigenvalue weighted by Gasteiger charge is -2.11. The van der Waals surface area contributed by atoms with E-state index in [1.165, 1.54) is 12.1 Å². The maximum atomic E-state index is 13.2. The molecule has 27 heavy (non-hydrogen) atoms. The van der Waals surface area contributed by atoms with Crippen molar-refractivity contribution in [1.82, 2.24) is 19.9 Å². The van der Waals surface area contributed by atoms with Gasteiger partial charge >= 0.3 is 0 Å². The number of nitrogens with one attached hydrogen (secondary N) is 1. The van der Waals surface area contributed by atoms with Crippen molar-refractivity contribution >= 4 is 11.6 Å². The Morgan fingerprint density at radius 3 is 2.48 bits per heavy atom. The Bertz CT molecular complexity index is 977. The number of aryl methyl sites for hydroxylation is 3. The lowest BCUT2D eigenvalue weighted by Crippen LogP contribution is -2.26. The number of carbonyl (C=O) groups is 1. The summed E-state index contributed by atoms with van der Waals surface area (Å²) in [5.41, 5.74) is 5.10. The number of fused-ring (bicyclic) bond motifs is 1. The molecule has 0 aliphatic carbocycles. The molecule has 142 valence electrons. The second-order valence-electron chi connectivity index (χ2n) is 6.69. The summed E-state index contributed by atoms with van der Waals surface area (Å²) in [6.07, 6.45) is 1.24. The molecule has 0 radical (unpaired) electrons. The molecule has 0 unspecified atom stereocenters. The maximum absolute atomic E-state index is 13.2. The molecule has 0 saturated heterocycles. The zero-order valence-corrected chi connectivity index (χ0v) is 15.6. The van der Waals surface area contributed by atoms with Gasteiger partial charge in [-0.2, -0.15) is 5.10 Å². The van der Waals surface area contributed by atoms with Gasteiger partial charge in [-0.05, 0) is 56.9 Å². The number of halogens is 2. The van der Waals surface area contributed by atoms with E-state index >= 15 is 0 Å². The van der Waals surface area contributed by atoms with Gasteiger partial charge < -0.3 is 5.32 Å². The number of hydrogen-bond donors (Lipinski definition) is 1. The molecule has 0 atom stereocenters. The van der Waals surface area contributed by atoms with E-state index < -0.39 is 11.6 Å². The van der Waals surface area contributed by atoms with Crippen molar-refractivity contribution in [1.29, 1.82) is 0 Å². The fraction of sp³-hybridized carbons (Fsp3) is 0.350. The molecule has 0 fully saturated rings. The molecule has 1 N–H and O–H groups in total. The van der Waals surface area contributed by atoms with Crippen LogP contribution >= 0.6 is 0 Å². The number of nitrogens with zero attached hydrogens (tertiary/aromatic N) is 3. The molecule has 1 amide bonds. The predicted molar refractivity (Wildman–Crippen MR) is 98.6 cm³/mol. The summed E-state index contributed by atoms with van der Waals surface area (Å²) in [5.74, 6) is -1.33. The van der Waals surface area contributed by atoms with E-state index in [1.807, 2.05) is 26.8 Å². The summed E-state index contributed by atoms with van der Waals surface area (Å²) in [5, 5.41) is 7.23. The minimum absolute atomic E-state index is 0.109. The number of aromatic nitrogens is 3. The summed E-state index contributed by atoms with van der Waals surface area (Å²) < 4.78 is 28.1. The summed E-state index contributed by atoms with van der Waals surface area (Å²) in [6, 6.07) is 5.30. The Labute approximate surface area is 156 Å². The van der Waals surface area contributed by atoms with Crippen molar-refractivity contribution in [3.63, 3.8) is 0 Å². The van der Waals surface area contributed by atoms with Crippen LogP contribution in [0.3, 0.4) is 0 Å². The van der Waals surface area contributed by atoms with E-state index in [0.29, 0.717) is 31.4 Å². The van der Waals surface area contributed by atoms with Gasteiger partial charge in [-0.1, -0.05) is 0 Å². The van der Waals surface area contributed by atoms with Crippen LogP contribution in [0.25, 0.3) is 5.65 Å². The van der Waals surface area contributed by atoms with Crippen molar-refractivity contribution in [2.24, 2.45) is 0 Å². The third kappa shape index (κ3) is 4.48. The monoisotopic (exact) mass is 372 g/mol. The van der Waals surface area contributed by atoms with Gasteiger partial charge in [0.15, 0.2) is 5.65 Å². The van der Waals surface area contributed by atoms with Crippen LogP contribution in [0.1, 0.15) is 34.6 Å². The Morgan fingerprint density at radius 2 is 1.78 bits per heavy atom. The second kappa shape index (κ2) is 7.82. The first-order chi connectivity index (χ1) is 12.8. The van der Waals surface area contributed by atoms with E-state index in [4.69, 9.17) is 0 Å². The highest BCUT2D eigenvalue weighted by Crippen LogP contribution is 2.17. The number of carbonyl (C=O) groups excluding carboxylic acids is 1. The molecular formula is C20H22F2N4O. The minimum Gasteiger partial charge on any atom is -0.356 e. The number of amides is 1. The molecule has 0 bridgehead atoms. The first kappa shape index (κ1) is 18.9. The molecular weight excluding hydrogens is 350 g/mol. The lowest BCUT2D eigenvalue weighted by atomic mass is 10.1. The van der Waals surface area contributed by atoms with Crippen molar-refractivity contribution in [2.75, 3.05) is 6.54 Å². The fourth-order valence-electron chi connectivity index (χ4n) is 3.23. The summed E-state index contributed by atoms with van der Waals surface area (Å²) in [4.78, 5) is 16.7. The van der Waals surface area contributed by atoms with E-state index in [1.54, 1.807) is 4.52 Å². The van der Waals surface area contributed by atoms with Gasteiger partial charge in [-0.25, -0.2) is 18.3 Å². The maximum Gasteiger partial charge on any atom is 0.220 e. The minimum atomic E-state index is -0.612. The van der Waals surface area contributed by atoms with Crippen LogP contribution in [0, 0.1) is 32.4 Å². The highest BCUT2D eigenvalue weighted by molar-refractivity contribution is 5.76. The molecule has 7 heteroatoms. The van der Waals surface area contributed by atoms with Crippen LogP contribution in [0.5, 0.6) is 0 Å². The Balaban J connectivity index is 1.57. The molecule has 0 aliphatic heterocycles. The summed E-state index contributed by atoms with van der Waals surface area (Å²) >= 11 is 0. The SMILES string of the molecule is Cc1cc2nc(C)c(CCC(=O)NCCc3cc(F)cc(F)c3)c(C)n2n1. The van der Waals surface area contributed by atoms with Crippen LogP contribution in [0.15, 0.2) is 24.3 Å². The average Bonchev–Trinajstić information content (AvgIpc) is 2.94. The standard InChI is InChI=1S/C20H22F2N4O/c1-12-8-19-24-13(2)18(14(3)26(19)25-12)4-5-20(27)23-7-6-15-9-16(21)11-17(22)10-15/h8-11H,4-7H2,1-3H3,(H,23,27). The highest BCUT2D eigenvalue weighted by atomic mass is 19.1. The van der Waals surface area contributed by atoms with Crippen molar-refractivity contribution in [2.45, 2.75) is 40.0 Å². The van der Waals surface area contributed by atoms with Gasteiger partial charge in [0.1, 0.15) is 11.6 Å². The predicted octanol–water partition coefficient (Wildman–Crippen LogP) is 3.22. The van der Waals surface area contributed by atoms with Crippen molar-refractivity contribution in [3.8, 4) is 0 Å². The van der Waals surface area contributed by atoms with E-state index in [-0.39, 0.29) is 5.91 Å². The van der Waals surface area contributed by atoms with Gasteiger partial charge in [0.05, 0.1) is 5.69 Å². The fourth-order valence-corrected chi connectivity index (χ4v) is 3.23. The van der Waals surface area contributed by atoms with E-state index in [9.17, 15) is 13.6 Å². The Hall–Kier alpha value is -2.83. The van der Waals surface area contributed by atoms with Crippen LogP contribution < -0.4 is 5.32 Å².